The summed E-state index contributed by atoms with van der Waals surface area (Å²) >= 11 is 0. The van der Waals surface area contributed by atoms with Crippen LogP contribution in [0.4, 0.5) is 11.4 Å². The highest BCUT2D eigenvalue weighted by atomic mass is 15.3. The molecule has 3 aromatic carbocycles. The summed E-state index contributed by atoms with van der Waals surface area (Å²) in [5.41, 5.74) is 8.31. The van der Waals surface area contributed by atoms with Gasteiger partial charge in [0.15, 0.2) is 0 Å². The Morgan fingerprint density at radius 1 is 0.815 bits per heavy atom. The summed E-state index contributed by atoms with van der Waals surface area (Å²) < 4.78 is 0. The number of azo groups is 1. The number of hydrogen-bond donors (Lipinski definition) is 1. The van der Waals surface area contributed by atoms with Crippen molar-refractivity contribution in [2.75, 3.05) is 5.43 Å². The summed E-state index contributed by atoms with van der Waals surface area (Å²) in [7, 11) is 0. The Kier molecular flexibility index (Phi) is 5.70. The molecule has 0 saturated carbocycles. The fourth-order valence-corrected chi connectivity index (χ4v) is 2.30. The van der Waals surface area contributed by atoms with Crippen molar-refractivity contribution in [2.45, 2.75) is 13.8 Å². The normalized spacial score (nSPS) is 11.4. The van der Waals surface area contributed by atoms with Gasteiger partial charge in [-0.1, -0.05) is 35.4 Å². The number of anilines is 1. The molecule has 0 aliphatic rings. The number of benzene rings is 3. The molecule has 0 aliphatic carbocycles. The Hall–Kier alpha value is -3.78. The maximum Gasteiger partial charge on any atom is 0.201 e. The lowest BCUT2D eigenvalue weighted by Gasteiger charge is -2.04. The minimum Gasteiger partial charge on any atom is -0.276 e. The number of nitrogens with zero attached hydrogens (tertiary/aromatic N) is 4. The highest BCUT2D eigenvalue weighted by molar-refractivity contribution is 5.99. The van der Waals surface area contributed by atoms with Crippen molar-refractivity contribution >= 4 is 17.2 Å². The summed E-state index contributed by atoms with van der Waals surface area (Å²) in [5.74, 6) is 0.431. The molecule has 0 atom stereocenters. The molecule has 0 amide bonds. The van der Waals surface area contributed by atoms with Gasteiger partial charge in [-0.3, -0.25) is 5.43 Å². The monoisotopic (exact) mass is 353 g/mol. The van der Waals surface area contributed by atoms with Gasteiger partial charge in [0.05, 0.1) is 23.0 Å². The molecule has 5 heteroatoms. The number of hydrazone groups is 1. The Bertz CT molecular complexity index is 993. The molecule has 0 saturated heterocycles. The highest BCUT2D eigenvalue weighted by Crippen LogP contribution is 2.15. The van der Waals surface area contributed by atoms with Gasteiger partial charge in [0.2, 0.25) is 5.84 Å². The van der Waals surface area contributed by atoms with E-state index in [1.165, 1.54) is 5.56 Å². The third kappa shape index (κ3) is 5.10. The van der Waals surface area contributed by atoms with Gasteiger partial charge in [-0.15, -0.1) is 10.2 Å². The number of aryl methyl sites for hydroxylation is 2. The second-order valence-electron chi connectivity index (χ2n) is 6.14. The van der Waals surface area contributed by atoms with Crippen LogP contribution >= 0.6 is 0 Å². The van der Waals surface area contributed by atoms with Crippen LogP contribution in [-0.2, 0) is 0 Å². The predicted molar refractivity (Wildman–Crippen MR) is 108 cm³/mol. The zero-order chi connectivity index (χ0) is 19.1. The lowest BCUT2D eigenvalue weighted by molar-refractivity contribution is 1.22. The van der Waals surface area contributed by atoms with Crippen molar-refractivity contribution in [3.05, 3.63) is 95.1 Å². The van der Waals surface area contributed by atoms with Crippen LogP contribution < -0.4 is 5.43 Å². The van der Waals surface area contributed by atoms with E-state index in [0.717, 1.165) is 22.5 Å². The van der Waals surface area contributed by atoms with Crippen LogP contribution in [0.1, 0.15) is 22.3 Å². The summed E-state index contributed by atoms with van der Waals surface area (Å²) in [6, 6.07) is 24.9. The zero-order valence-corrected chi connectivity index (χ0v) is 15.2. The summed E-state index contributed by atoms with van der Waals surface area (Å²) in [5, 5.41) is 22.0. The quantitative estimate of drug-likeness (QED) is 0.281. The molecule has 0 heterocycles. The van der Waals surface area contributed by atoms with Crippen LogP contribution in [0.15, 0.2) is 88.1 Å². The van der Waals surface area contributed by atoms with E-state index < -0.39 is 0 Å². The maximum absolute atomic E-state index is 8.98. The smallest absolute Gasteiger partial charge is 0.201 e. The van der Waals surface area contributed by atoms with Crippen molar-refractivity contribution < 1.29 is 0 Å². The number of amidine groups is 1. The first-order valence-corrected chi connectivity index (χ1v) is 8.53. The zero-order valence-electron chi connectivity index (χ0n) is 15.2. The first-order valence-electron chi connectivity index (χ1n) is 8.53. The molecular formula is C22H19N5. The first-order chi connectivity index (χ1) is 13.1. The lowest BCUT2D eigenvalue weighted by Crippen LogP contribution is -2.01. The Balaban J connectivity index is 1.89. The summed E-state index contributed by atoms with van der Waals surface area (Å²) in [6.07, 6.45) is 0. The second-order valence-corrected chi connectivity index (χ2v) is 6.14. The van der Waals surface area contributed by atoms with E-state index in [2.05, 4.69) is 26.8 Å². The summed E-state index contributed by atoms with van der Waals surface area (Å²) in [6.45, 7) is 4.06. The van der Waals surface area contributed by atoms with E-state index in [4.69, 9.17) is 5.26 Å². The van der Waals surface area contributed by atoms with Gasteiger partial charge in [0, 0.05) is 5.56 Å². The molecule has 0 aliphatic heterocycles. The van der Waals surface area contributed by atoms with Crippen molar-refractivity contribution in [3.63, 3.8) is 0 Å². The SMILES string of the molecule is Cc1ccc(N=N/C(=N/Nc2ccc(C)cc2)c2ccc(C#N)cc2)cc1. The average molecular weight is 353 g/mol. The van der Waals surface area contributed by atoms with Crippen molar-refractivity contribution in [1.29, 1.82) is 5.26 Å². The van der Waals surface area contributed by atoms with Gasteiger partial charge in [0.25, 0.3) is 0 Å². The largest absolute Gasteiger partial charge is 0.276 e. The van der Waals surface area contributed by atoms with Crippen LogP contribution in [0.2, 0.25) is 0 Å². The lowest BCUT2D eigenvalue weighted by atomic mass is 10.1. The van der Waals surface area contributed by atoms with E-state index in [9.17, 15) is 0 Å². The molecule has 1 N–H and O–H groups in total. The molecule has 0 unspecified atom stereocenters. The van der Waals surface area contributed by atoms with Gasteiger partial charge in [0.1, 0.15) is 0 Å². The van der Waals surface area contributed by atoms with Crippen molar-refractivity contribution in [1.82, 2.24) is 0 Å². The van der Waals surface area contributed by atoms with E-state index in [0.29, 0.717) is 11.4 Å². The first kappa shape index (κ1) is 18.0. The van der Waals surface area contributed by atoms with Crippen LogP contribution in [0.3, 0.4) is 0 Å². The Labute approximate surface area is 158 Å². The van der Waals surface area contributed by atoms with Gasteiger partial charge in [-0.2, -0.15) is 10.4 Å². The number of rotatable bonds is 4. The number of nitriles is 1. The van der Waals surface area contributed by atoms with E-state index in [1.54, 1.807) is 12.1 Å². The Morgan fingerprint density at radius 2 is 1.41 bits per heavy atom. The van der Waals surface area contributed by atoms with Crippen molar-refractivity contribution in [3.8, 4) is 6.07 Å². The number of nitrogens with one attached hydrogen (secondary N) is 1. The molecule has 27 heavy (non-hydrogen) atoms. The van der Waals surface area contributed by atoms with E-state index in [-0.39, 0.29) is 0 Å². The molecule has 0 fully saturated rings. The topological polar surface area (TPSA) is 72.9 Å². The van der Waals surface area contributed by atoms with Crippen LogP contribution in [0.5, 0.6) is 0 Å². The highest BCUT2D eigenvalue weighted by Gasteiger charge is 2.04. The average Bonchev–Trinajstić information content (AvgIpc) is 2.71. The van der Waals surface area contributed by atoms with E-state index >= 15 is 0 Å². The predicted octanol–water partition coefficient (Wildman–Crippen LogP) is 5.73. The van der Waals surface area contributed by atoms with Gasteiger partial charge >= 0.3 is 0 Å². The standard InChI is InChI=1S/C22H19N5/c1-16-3-11-20(12-4-16)24-26-22(19-9-7-18(15-23)8-10-19)27-25-21-13-5-17(2)6-14-21/h3-14,24H,1-2H3/b26-22+,27-25?. The second kappa shape index (κ2) is 8.54. The third-order valence-corrected chi connectivity index (χ3v) is 3.91. The minimum atomic E-state index is 0.431. The van der Waals surface area contributed by atoms with Crippen LogP contribution in [0.25, 0.3) is 0 Å². The van der Waals surface area contributed by atoms with Gasteiger partial charge in [-0.05, 0) is 62.4 Å². The van der Waals surface area contributed by atoms with Crippen LogP contribution in [0, 0.1) is 25.2 Å². The van der Waals surface area contributed by atoms with E-state index in [1.807, 2.05) is 74.5 Å². The number of hydrogen-bond acceptors (Lipinski definition) is 4. The third-order valence-electron chi connectivity index (χ3n) is 3.91. The molecule has 5 nitrogen and oxygen atoms in total. The molecule has 3 rings (SSSR count). The van der Waals surface area contributed by atoms with Gasteiger partial charge in [-0.25, -0.2) is 0 Å². The van der Waals surface area contributed by atoms with Crippen molar-refractivity contribution in [2.24, 2.45) is 15.3 Å². The van der Waals surface area contributed by atoms with Gasteiger partial charge < -0.3 is 0 Å². The molecular weight excluding hydrogens is 334 g/mol. The minimum absolute atomic E-state index is 0.431. The molecule has 0 radical (unpaired) electrons. The fraction of sp³-hybridized carbons (Fsp3) is 0.0909. The van der Waals surface area contributed by atoms with Crippen LogP contribution in [-0.4, -0.2) is 5.84 Å². The molecule has 0 bridgehead atoms. The molecule has 132 valence electrons. The fourth-order valence-electron chi connectivity index (χ4n) is 2.30. The Morgan fingerprint density at radius 3 is 2.00 bits per heavy atom. The summed E-state index contributed by atoms with van der Waals surface area (Å²) in [4.78, 5) is 0. The molecule has 0 aromatic heterocycles. The molecule has 3 aromatic rings. The molecule has 0 spiro atoms. The maximum atomic E-state index is 8.98.